The first-order valence-corrected chi connectivity index (χ1v) is 8.55. The third-order valence-electron chi connectivity index (χ3n) is 6.64. The number of piperidine rings is 1. The second-order valence-electron chi connectivity index (χ2n) is 7.81. The van der Waals surface area contributed by atoms with Gasteiger partial charge in [0, 0.05) is 19.0 Å². The molecule has 3 aliphatic carbocycles. The molecule has 1 saturated heterocycles. The average molecular weight is 261 g/mol. The van der Waals surface area contributed by atoms with Gasteiger partial charge in [0.15, 0.2) is 0 Å². The van der Waals surface area contributed by atoms with Crippen LogP contribution in [0.4, 0.5) is 0 Å². The number of fused-ring (bicyclic) bond motifs is 1. The van der Waals surface area contributed by atoms with E-state index >= 15 is 0 Å². The summed E-state index contributed by atoms with van der Waals surface area (Å²) in [5.41, 5.74) is 0.632. The first-order valence-electron chi connectivity index (χ1n) is 8.55. The Morgan fingerprint density at radius 1 is 0.842 bits per heavy atom. The molecule has 0 radical (unpaired) electrons. The van der Waals surface area contributed by atoms with Crippen molar-refractivity contribution in [3.05, 3.63) is 0 Å². The Hall–Kier alpha value is -0.530. The van der Waals surface area contributed by atoms with Crippen molar-refractivity contribution >= 4 is 5.91 Å². The van der Waals surface area contributed by atoms with Gasteiger partial charge in [-0.2, -0.15) is 0 Å². The normalized spacial score (nSPS) is 40.2. The Balaban J connectivity index is 1.33. The Morgan fingerprint density at radius 2 is 1.47 bits per heavy atom. The lowest BCUT2D eigenvalue weighted by molar-refractivity contribution is -0.138. The van der Waals surface area contributed by atoms with Gasteiger partial charge in [0.1, 0.15) is 0 Å². The molecule has 2 atom stereocenters. The summed E-state index contributed by atoms with van der Waals surface area (Å²) in [6, 6.07) is 0. The highest BCUT2D eigenvalue weighted by Gasteiger charge is 2.49. The minimum atomic E-state index is 0.407. The van der Waals surface area contributed by atoms with Gasteiger partial charge in [-0.1, -0.05) is 19.3 Å². The van der Waals surface area contributed by atoms with Gasteiger partial charge in [0.25, 0.3) is 0 Å². The monoisotopic (exact) mass is 261 g/mol. The number of rotatable bonds is 1. The van der Waals surface area contributed by atoms with E-state index < -0.39 is 0 Å². The van der Waals surface area contributed by atoms with Crippen molar-refractivity contribution in [3.63, 3.8) is 0 Å². The summed E-state index contributed by atoms with van der Waals surface area (Å²) in [5, 5.41) is 0. The molecule has 0 aromatic carbocycles. The Kier molecular flexibility index (Phi) is 2.89. The van der Waals surface area contributed by atoms with Crippen molar-refractivity contribution < 1.29 is 4.79 Å². The smallest absolute Gasteiger partial charge is 0.225 e. The summed E-state index contributed by atoms with van der Waals surface area (Å²) < 4.78 is 0. The molecule has 2 heteroatoms. The Labute approximate surface area is 116 Å². The van der Waals surface area contributed by atoms with Gasteiger partial charge in [-0.25, -0.2) is 0 Å². The number of hydrogen-bond donors (Lipinski definition) is 0. The van der Waals surface area contributed by atoms with Gasteiger partial charge < -0.3 is 4.90 Å². The summed E-state index contributed by atoms with van der Waals surface area (Å²) in [4.78, 5) is 14.8. The van der Waals surface area contributed by atoms with Crippen molar-refractivity contribution in [3.8, 4) is 0 Å². The molecule has 2 unspecified atom stereocenters. The predicted octanol–water partition coefficient (Wildman–Crippen LogP) is 3.61. The fourth-order valence-corrected chi connectivity index (χ4v) is 5.18. The minimum Gasteiger partial charge on any atom is -0.342 e. The largest absolute Gasteiger partial charge is 0.342 e. The molecule has 106 valence electrons. The van der Waals surface area contributed by atoms with Crippen LogP contribution in [0.3, 0.4) is 0 Å². The molecule has 0 bridgehead atoms. The van der Waals surface area contributed by atoms with Crippen molar-refractivity contribution in [2.24, 2.45) is 23.2 Å². The van der Waals surface area contributed by atoms with E-state index in [4.69, 9.17) is 0 Å². The van der Waals surface area contributed by atoms with E-state index in [1.165, 1.54) is 64.2 Å². The van der Waals surface area contributed by atoms with Gasteiger partial charge in [-0.15, -0.1) is 0 Å². The van der Waals surface area contributed by atoms with Gasteiger partial charge in [0.05, 0.1) is 0 Å². The van der Waals surface area contributed by atoms with Gasteiger partial charge in [-0.3, -0.25) is 4.79 Å². The van der Waals surface area contributed by atoms with Crippen molar-refractivity contribution in [2.75, 3.05) is 13.1 Å². The summed E-state index contributed by atoms with van der Waals surface area (Å²) in [5.74, 6) is 2.79. The number of amides is 1. The standard InChI is InChI=1S/C17H27NO/c19-16(15-11-13-10-14(13)12-15)18-8-6-17(7-9-18)4-2-1-3-5-17/h13-15H,1-12H2. The van der Waals surface area contributed by atoms with E-state index in [1.807, 2.05) is 0 Å². The van der Waals surface area contributed by atoms with Gasteiger partial charge in [-0.05, 0) is 62.2 Å². The third kappa shape index (κ3) is 2.21. The molecule has 4 fully saturated rings. The zero-order valence-corrected chi connectivity index (χ0v) is 12.1. The van der Waals surface area contributed by atoms with Crippen LogP contribution in [-0.4, -0.2) is 23.9 Å². The van der Waals surface area contributed by atoms with Crippen molar-refractivity contribution in [1.29, 1.82) is 0 Å². The van der Waals surface area contributed by atoms with E-state index in [0.29, 0.717) is 17.2 Å². The van der Waals surface area contributed by atoms with Crippen molar-refractivity contribution in [2.45, 2.75) is 64.2 Å². The van der Waals surface area contributed by atoms with E-state index in [9.17, 15) is 4.79 Å². The summed E-state index contributed by atoms with van der Waals surface area (Å²) in [7, 11) is 0. The Morgan fingerprint density at radius 3 is 2.11 bits per heavy atom. The van der Waals surface area contributed by atoms with Crippen molar-refractivity contribution in [1.82, 2.24) is 4.90 Å². The molecule has 4 rings (SSSR count). The molecule has 0 aromatic rings. The van der Waals surface area contributed by atoms with E-state index in [-0.39, 0.29) is 0 Å². The molecule has 4 aliphatic rings. The zero-order valence-electron chi connectivity index (χ0n) is 12.1. The van der Waals surface area contributed by atoms with Crippen LogP contribution >= 0.6 is 0 Å². The molecule has 2 nitrogen and oxygen atoms in total. The average Bonchev–Trinajstić information content (AvgIpc) is 3.06. The molecule has 19 heavy (non-hydrogen) atoms. The number of carbonyl (C=O) groups is 1. The fraction of sp³-hybridized carbons (Fsp3) is 0.941. The third-order valence-corrected chi connectivity index (χ3v) is 6.64. The second kappa shape index (κ2) is 4.49. The van der Waals surface area contributed by atoms with E-state index in [0.717, 1.165) is 24.9 Å². The van der Waals surface area contributed by atoms with Crippen LogP contribution in [0.15, 0.2) is 0 Å². The lowest BCUT2D eigenvalue weighted by Gasteiger charge is -2.44. The molecular formula is C17H27NO. The highest BCUT2D eigenvalue weighted by molar-refractivity contribution is 5.79. The maximum absolute atomic E-state index is 12.6. The molecule has 0 aromatic heterocycles. The van der Waals surface area contributed by atoms with Gasteiger partial charge >= 0.3 is 0 Å². The first-order chi connectivity index (χ1) is 9.26. The number of likely N-dealkylation sites (tertiary alicyclic amines) is 1. The highest BCUT2D eigenvalue weighted by atomic mass is 16.2. The zero-order chi connectivity index (χ0) is 12.9. The quantitative estimate of drug-likeness (QED) is 0.706. The maximum atomic E-state index is 12.6. The van der Waals surface area contributed by atoms with Crippen LogP contribution in [0, 0.1) is 23.2 Å². The fourth-order valence-electron chi connectivity index (χ4n) is 5.18. The van der Waals surface area contributed by atoms with Crippen LogP contribution in [0.25, 0.3) is 0 Å². The van der Waals surface area contributed by atoms with Gasteiger partial charge in [0.2, 0.25) is 5.91 Å². The molecule has 1 aliphatic heterocycles. The first kappa shape index (κ1) is 12.2. The van der Waals surface area contributed by atoms with Crippen LogP contribution in [-0.2, 0) is 4.79 Å². The topological polar surface area (TPSA) is 20.3 Å². The minimum absolute atomic E-state index is 0.407. The number of hydrogen-bond acceptors (Lipinski definition) is 1. The summed E-state index contributed by atoms with van der Waals surface area (Å²) in [6.07, 6.45) is 13.6. The number of nitrogens with zero attached hydrogens (tertiary/aromatic N) is 1. The molecular weight excluding hydrogens is 234 g/mol. The lowest BCUT2D eigenvalue weighted by atomic mass is 9.68. The molecule has 3 saturated carbocycles. The summed E-state index contributed by atoms with van der Waals surface area (Å²) in [6.45, 7) is 2.12. The number of carbonyl (C=O) groups excluding carboxylic acids is 1. The SMILES string of the molecule is O=C(C1CC2CC2C1)N1CCC2(CCCCC2)CC1. The second-order valence-corrected chi connectivity index (χ2v) is 7.81. The predicted molar refractivity (Wildman–Crippen MR) is 75.7 cm³/mol. The molecule has 1 heterocycles. The van der Waals surface area contributed by atoms with Crippen LogP contribution in [0.5, 0.6) is 0 Å². The Bertz CT molecular complexity index is 351. The van der Waals surface area contributed by atoms with Crippen LogP contribution in [0.1, 0.15) is 64.2 Å². The molecule has 1 amide bonds. The molecule has 0 N–H and O–H groups in total. The van der Waals surface area contributed by atoms with Crippen LogP contribution in [0.2, 0.25) is 0 Å². The van der Waals surface area contributed by atoms with E-state index in [2.05, 4.69) is 4.90 Å². The molecule has 1 spiro atoms. The highest BCUT2D eigenvalue weighted by Crippen LogP contribution is 2.55. The van der Waals surface area contributed by atoms with Crippen LogP contribution < -0.4 is 0 Å². The van der Waals surface area contributed by atoms with E-state index in [1.54, 1.807) is 0 Å². The lowest BCUT2D eigenvalue weighted by Crippen LogP contribution is -2.45. The summed E-state index contributed by atoms with van der Waals surface area (Å²) >= 11 is 0. The maximum Gasteiger partial charge on any atom is 0.225 e.